The zero-order chi connectivity index (χ0) is 16.8. The van der Waals surface area contributed by atoms with Gasteiger partial charge in [0, 0.05) is 23.6 Å². The highest BCUT2D eigenvalue weighted by molar-refractivity contribution is 6.00. The molecule has 24 heavy (non-hydrogen) atoms. The lowest BCUT2D eigenvalue weighted by Gasteiger charge is -2.32. The number of hydrogen-bond acceptors (Lipinski definition) is 5. The molecular weight excluding hydrogens is 310 g/mol. The first-order valence-corrected chi connectivity index (χ1v) is 7.73. The number of allylic oxidation sites excluding steroid dienone is 2. The van der Waals surface area contributed by atoms with Crippen LogP contribution in [0.2, 0.25) is 0 Å². The minimum absolute atomic E-state index is 0.0201. The lowest BCUT2D eigenvalue weighted by Crippen LogP contribution is -2.36. The molecule has 4 rings (SSSR count). The predicted molar refractivity (Wildman–Crippen MR) is 87.1 cm³/mol. The highest BCUT2D eigenvalue weighted by Crippen LogP contribution is 2.43. The minimum atomic E-state index is -0.614. The number of aromatic amines is 2. The molecule has 1 atom stereocenters. The number of phenolic OH excluding ortho intramolecular Hbond substituents is 1. The molecule has 2 aliphatic rings. The van der Waals surface area contributed by atoms with E-state index >= 15 is 0 Å². The summed E-state index contributed by atoms with van der Waals surface area (Å²) in [4.78, 5) is 41.4. The molecule has 1 aromatic heterocycles. The van der Waals surface area contributed by atoms with Gasteiger partial charge in [0.1, 0.15) is 11.6 Å². The number of carbonyl (C=O) groups is 1. The van der Waals surface area contributed by atoms with Gasteiger partial charge in [0.15, 0.2) is 5.78 Å². The van der Waals surface area contributed by atoms with Gasteiger partial charge in [-0.05, 0) is 30.5 Å². The average molecular weight is 325 g/mol. The zero-order valence-electron chi connectivity index (χ0n) is 12.7. The third-order valence-electron chi connectivity index (χ3n) is 4.49. The smallest absolute Gasteiger partial charge is 0.327 e. The number of rotatable bonds is 1. The monoisotopic (exact) mass is 325 g/mol. The third kappa shape index (κ3) is 2.17. The maximum Gasteiger partial charge on any atom is 0.327 e. The van der Waals surface area contributed by atoms with E-state index in [2.05, 4.69) is 15.3 Å². The quantitative estimate of drug-likeness (QED) is 0.631. The number of H-pyrrole nitrogens is 2. The normalized spacial score (nSPS) is 19.5. The number of benzene rings is 1. The first kappa shape index (κ1) is 14.5. The van der Waals surface area contributed by atoms with Crippen molar-refractivity contribution < 1.29 is 9.90 Å². The largest absolute Gasteiger partial charge is 0.508 e. The van der Waals surface area contributed by atoms with Crippen molar-refractivity contribution in [2.45, 2.75) is 25.2 Å². The van der Waals surface area contributed by atoms with Gasteiger partial charge in [-0.15, -0.1) is 0 Å². The van der Waals surface area contributed by atoms with Gasteiger partial charge in [-0.2, -0.15) is 0 Å². The summed E-state index contributed by atoms with van der Waals surface area (Å²) < 4.78 is 0. The second-order valence-electron chi connectivity index (χ2n) is 6.02. The van der Waals surface area contributed by atoms with Gasteiger partial charge in [-0.3, -0.25) is 19.6 Å². The number of nitrogens with one attached hydrogen (secondary N) is 3. The van der Waals surface area contributed by atoms with Crippen LogP contribution < -0.4 is 16.6 Å². The van der Waals surface area contributed by atoms with Crippen LogP contribution in [0.5, 0.6) is 5.75 Å². The van der Waals surface area contributed by atoms with E-state index in [0.717, 1.165) is 12.1 Å². The maximum atomic E-state index is 12.5. The number of phenols is 1. The molecule has 1 unspecified atom stereocenters. The van der Waals surface area contributed by atoms with E-state index in [1.165, 1.54) is 12.1 Å². The molecule has 0 saturated heterocycles. The van der Waals surface area contributed by atoms with Crippen LogP contribution in [-0.2, 0) is 4.79 Å². The number of fused-ring (bicyclic) bond motifs is 1. The molecule has 1 aromatic carbocycles. The fourth-order valence-corrected chi connectivity index (χ4v) is 3.53. The van der Waals surface area contributed by atoms with Crippen LogP contribution in [-0.4, -0.2) is 20.9 Å². The minimum Gasteiger partial charge on any atom is -0.508 e. The van der Waals surface area contributed by atoms with Gasteiger partial charge < -0.3 is 10.4 Å². The van der Waals surface area contributed by atoms with Crippen molar-refractivity contribution in [1.29, 1.82) is 0 Å². The fraction of sp³-hybridized carbons (Fsp3) is 0.235. The second-order valence-corrected chi connectivity index (χ2v) is 6.02. The fourth-order valence-electron chi connectivity index (χ4n) is 3.53. The Balaban J connectivity index is 2.03. The van der Waals surface area contributed by atoms with Crippen molar-refractivity contribution >= 4 is 11.6 Å². The summed E-state index contributed by atoms with van der Waals surface area (Å²) in [5.74, 6) is -0.269. The van der Waals surface area contributed by atoms with Crippen molar-refractivity contribution in [3.63, 3.8) is 0 Å². The van der Waals surface area contributed by atoms with Crippen molar-refractivity contribution in [2.75, 3.05) is 5.32 Å². The Hall–Kier alpha value is -3.09. The lowest BCUT2D eigenvalue weighted by atomic mass is 9.76. The van der Waals surface area contributed by atoms with Crippen molar-refractivity contribution in [3.8, 4) is 5.75 Å². The van der Waals surface area contributed by atoms with Gasteiger partial charge in [0.05, 0.1) is 5.56 Å². The Labute approximate surface area is 136 Å². The Morgan fingerprint density at radius 3 is 2.71 bits per heavy atom. The van der Waals surface area contributed by atoms with Crippen molar-refractivity contribution in [2.24, 2.45) is 0 Å². The van der Waals surface area contributed by atoms with Crippen LogP contribution >= 0.6 is 0 Å². The van der Waals surface area contributed by atoms with Crippen LogP contribution in [0.4, 0.5) is 5.82 Å². The Bertz CT molecular complexity index is 999. The zero-order valence-corrected chi connectivity index (χ0v) is 12.7. The molecular formula is C17H15N3O4. The predicted octanol–water partition coefficient (Wildman–Crippen LogP) is 1.33. The topological polar surface area (TPSA) is 115 Å². The first-order valence-electron chi connectivity index (χ1n) is 7.73. The van der Waals surface area contributed by atoms with Crippen molar-refractivity contribution in [1.82, 2.24) is 9.97 Å². The summed E-state index contributed by atoms with van der Waals surface area (Å²) in [5.41, 5.74) is 1.05. The molecule has 2 aromatic rings. The lowest BCUT2D eigenvalue weighted by molar-refractivity contribution is -0.116. The van der Waals surface area contributed by atoms with Gasteiger partial charge in [0.25, 0.3) is 5.56 Å². The van der Waals surface area contributed by atoms with E-state index in [-0.39, 0.29) is 17.1 Å². The molecule has 0 fully saturated rings. The number of aromatic hydroxyl groups is 1. The summed E-state index contributed by atoms with van der Waals surface area (Å²) >= 11 is 0. The number of ketones is 1. The highest BCUT2D eigenvalue weighted by Gasteiger charge is 2.37. The van der Waals surface area contributed by atoms with Gasteiger partial charge in [0.2, 0.25) is 0 Å². The molecule has 0 amide bonds. The average Bonchev–Trinajstić information content (AvgIpc) is 2.53. The van der Waals surface area contributed by atoms with Crippen LogP contribution in [0.15, 0.2) is 45.1 Å². The second kappa shape index (κ2) is 5.23. The van der Waals surface area contributed by atoms with Gasteiger partial charge >= 0.3 is 5.69 Å². The van der Waals surface area contributed by atoms with Crippen molar-refractivity contribution in [3.05, 3.63) is 67.5 Å². The number of aromatic nitrogens is 2. The van der Waals surface area contributed by atoms with Crippen LogP contribution in [0.3, 0.4) is 0 Å². The molecule has 0 spiro atoms. The number of Topliss-reactive ketones (excluding diaryl/α,β-unsaturated/α-hetero) is 1. The maximum absolute atomic E-state index is 12.5. The summed E-state index contributed by atoms with van der Waals surface area (Å²) in [7, 11) is 0. The molecule has 7 heteroatoms. The Kier molecular flexibility index (Phi) is 3.16. The SMILES string of the molecule is O=C1CCCC2=C1C(c1cccc(O)c1)c1c([nH]c(=O)[nH]c1=O)N2. The summed E-state index contributed by atoms with van der Waals surface area (Å²) in [6.07, 6.45) is 1.82. The Morgan fingerprint density at radius 2 is 1.92 bits per heavy atom. The molecule has 122 valence electrons. The Morgan fingerprint density at radius 1 is 1.08 bits per heavy atom. The van der Waals surface area contributed by atoms with E-state index < -0.39 is 17.2 Å². The van der Waals surface area contributed by atoms with Gasteiger partial charge in [-0.25, -0.2) is 4.79 Å². The molecule has 0 radical (unpaired) electrons. The molecule has 4 N–H and O–H groups in total. The third-order valence-corrected chi connectivity index (χ3v) is 4.49. The summed E-state index contributed by atoms with van der Waals surface area (Å²) in [6.45, 7) is 0. The molecule has 2 heterocycles. The summed E-state index contributed by atoms with van der Waals surface area (Å²) in [6, 6.07) is 6.49. The highest BCUT2D eigenvalue weighted by atomic mass is 16.3. The van der Waals surface area contributed by atoms with E-state index in [0.29, 0.717) is 29.8 Å². The van der Waals surface area contributed by atoms with Crippen LogP contribution in [0.25, 0.3) is 0 Å². The van der Waals surface area contributed by atoms with E-state index in [9.17, 15) is 19.5 Å². The molecule has 0 bridgehead atoms. The number of carbonyl (C=O) groups excluding carboxylic acids is 1. The first-order chi connectivity index (χ1) is 11.5. The van der Waals surface area contributed by atoms with Gasteiger partial charge in [-0.1, -0.05) is 12.1 Å². The summed E-state index contributed by atoms with van der Waals surface area (Å²) in [5, 5.41) is 12.9. The molecule has 0 saturated carbocycles. The molecule has 1 aliphatic heterocycles. The standard InChI is InChI=1S/C17H15N3O4/c21-9-4-1-3-8(7-9)12-13-10(5-2-6-11(13)22)18-15-14(12)16(23)20-17(24)19-15/h1,3-4,7,12,21H,2,5-6H2,(H3,18,19,20,23,24). The number of hydrogen-bond donors (Lipinski definition) is 4. The molecule has 7 nitrogen and oxygen atoms in total. The van der Waals surface area contributed by atoms with Crippen LogP contribution in [0.1, 0.15) is 36.3 Å². The van der Waals surface area contributed by atoms with Crippen LogP contribution in [0, 0.1) is 0 Å². The van der Waals surface area contributed by atoms with E-state index in [1.54, 1.807) is 12.1 Å². The number of anilines is 1. The van der Waals surface area contributed by atoms with E-state index in [4.69, 9.17) is 0 Å². The van der Waals surface area contributed by atoms with E-state index in [1.807, 2.05) is 0 Å². The molecule has 1 aliphatic carbocycles.